The van der Waals surface area contributed by atoms with Gasteiger partial charge in [0.1, 0.15) is 0 Å². The molecule has 4 heteroatoms. The first-order chi connectivity index (χ1) is 15.5. The lowest BCUT2D eigenvalue weighted by molar-refractivity contribution is -0.123. The summed E-state index contributed by atoms with van der Waals surface area (Å²) in [6, 6.07) is 25.9. The normalized spacial score (nSPS) is 14.2. The van der Waals surface area contributed by atoms with Crippen LogP contribution in [0.3, 0.4) is 0 Å². The van der Waals surface area contributed by atoms with E-state index in [1.165, 1.54) is 5.56 Å². The van der Waals surface area contributed by atoms with Crippen molar-refractivity contribution >= 4 is 17.5 Å². The average molecular weight is 427 g/mol. The van der Waals surface area contributed by atoms with E-state index in [1.54, 1.807) is 0 Å². The SMILES string of the molecule is Cc1ccc(N(Cc2ccccc2)C(=O)C2CCN(C(=O)c3ccccc3C)CC2)cc1. The minimum absolute atomic E-state index is 0.0636. The second kappa shape index (κ2) is 9.82. The predicted octanol–water partition coefficient (Wildman–Crippen LogP) is 5.39. The molecule has 0 aliphatic carbocycles. The number of amides is 2. The molecule has 1 heterocycles. The summed E-state index contributed by atoms with van der Waals surface area (Å²) in [5.41, 5.74) is 4.94. The molecule has 0 radical (unpaired) electrons. The number of rotatable bonds is 5. The number of hydrogen-bond acceptors (Lipinski definition) is 2. The lowest BCUT2D eigenvalue weighted by Crippen LogP contribution is -2.44. The first kappa shape index (κ1) is 21.8. The molecule has 0 bridgehead atoms. The van der Waals surface area contributed by atoms with Crippen molar-refractivity contribution in [1.29, 1.82) is 0 Å². The Morgan fingerprint density at radius 3 is 2.12 bits per heavy atom. The molecule has 1 fully saturated rings. The Kier molecular flexibility index (Phi) is 6.69. The molecule has 0 N–H and O–H groups in total. The van der Waals surface area contributed by atoms with Gasteiger partial charge in [-0.1, -0.05) is 66.2 Å². The van der Waals surface area contributed by atoms with Crippen molar-refractivity contribution in [3.63, 3.8) is 0 Å². The maximum Gasteiger partial charge on any atom is 0.254 e. The monoisotopic (exact) mass is 426 g/mol. The van der Waals surface area contributed by atoms with Gasteiger partial charge < -0.3 is 9.80 Å². The highest BCUT2D eigenvalue weighted by atomic mass is 16.2. The van der Waals surface area contributed by atoms with Crippen molar-refractivity contribution in [2.45, 2.75) is 33.2 Å². The van der Waals surface area contributed by atoms with Crippen molar-refractivity contribution in [2.24, 2.45) is 5.92 Å². The van der Waals surface area contributed by atoms with Gasteiger partial charge in [-0.25, -0.2) is 0 Å². The molecule has 2 amide bonds. The van der Waals surface area contributed by atoms with Crippen LogP contribution in [0, 0.1) is 19.8 Å². The van der Waals surface area contributed by atoms with E-state index >= 15 is 0 Å². The minimum Gasteiger partial charge on any atom is -0.339 e. The van der Waals surface area contributed by atoms with Crippen LogP contribution in [0.5, 0.6) is 0 Å². The second-order valence-corrected chi connectivity index (χ2v) is 8.63. The van der Waals surface area contributed by atoms with Gasteiger partial charge in [0.05, 0.1) is 6.54 Å². The molecule has 164 valence electrons. The fourth-order valence-electron chi connectivity index (χ4n) is 4.32. The minimum atomic E-state index is -0.0825. The fraction of sp³-hybridized carbons (Fsp3) is 0.286. The molecule has 0 unspecified atom stereocenters. The number of aryl methyl sites for hydroxylation is 2. The molecule has 3 aromatic rings. The second-order valence-electron chi connectivity index (χ2n) is 8.63. The van der Waals surface area contributed by atoms with E-state index < -0.39 is 0 Å². The number of anilines is 1. The quantitative estimate of drug-likeness (QED) is 0.549. The van der Waals surface area contributed by atoms with Gasteiger partial charge in [0.25, 0.3) is 5.91 Å². The summed E-state index contributed by atoms with van der Waals surface area (Å²) < 4.78 is 0. The van der Waals surface area contributed by atoms with Crippen LogP contribution in [0.4, 0.5) is 5.69 Å². The van der Waals surface area contributed by atoms with E-state index in [0.29, 0.717) is 32.5 Å². The number of nitrogens with zero attached hydrogens (tertiary/aromatic N) is 2. The van der Waals surface area contributed by atoms with Crippen LogP contribution in [0.25, 0.3) is 0 Å². The smallest absolute Gasteiger partial charge is 0.254 e. The summed E-state index contributed by atoms with van der Waals surface area (Å²) in [6.45, 7) is 5.78. The number of piperidine rings is 1. The van der Waals surface area contributed by atoms with E-state index in [4.69, 9.17) is 0 Å². The van der Waals surface area contributed by atoms with E-state index in [9.17, 15) is 9.59 Å². The fourth-order valence-corrected chi connectivity index (χ4v) is 4.32. The summed E-state index contributed by atoms with van der Waals surface area (Å²) in [7, 11) is 0. The summed E-state index contributed by atoms with van der Waals surface area (Å²) >= 11 is 0. The van der Waals surface area contributed by atoms with Crippen LogP contribution in [0.2, 0.25) is 0 Å². The number of carbonyl (C=O) groups excluding carboxylic acids is 2. The van der Waals surface area contributed by atoms with Gasteiger partial charge in [-0.15, -0.1) is 0 Å². The largest absolute Gasteiger partial charge is 0.339 e. The van der Waals surface area contributed by atoms with E-state index in [2.05, 4.69) is 12.1 Å². The van der Waals surface area contributed by atoms with Crippen molar-refractivity contribution in [3.8, 4) is 0 Å². The van der Waals surface area contributed by atoms with Gasteiger partial charge in [0.2, 0.25) is 5.91 Å². The molecule has 0 saturated carbocycles. The van der Waals surface area contributed by atoms with Crippen LogP contribution in [-0.2, 0) is 11.3 Å². The van der Waals surface area contributed by atoms with Crippen molar-refractivity contribution in [1.82, 2.24) is 4.90 Å². The highest BCUT2D eigenvalue weighted by Crippen LogP contribution is 2.26. The predicted molar refractivity (Wildman–Crippen MR) is 129 cm³/mol. The Morgan fingerprint density at radius 1 is 0.844 bits per heavy atom. The Morgan fingerprint density at radius 2 is 1.47 bits per heavy atom. The van der Waals surface area contributed by atoms with Crippen LogP contribution >= 0.6 is 0 Å². The molecular weight excluding hydrogens is 396 g/mol. The topological polar surface area (TPSA) is 40.6 Å². The molecule has 3 aromatic carbocycles. The van der Waals surface area contributed by atoms with Crippen LogP contribution in [0.1, 0.15) is 39.9 Å². The molecule has 0 atom stereocenters. The maximum absolute atomic E-state index is 13.6. The number of benzene rings is 3. The zero-order valence-corrected chi connectivity index (χ0v) is 18.8. The third-order valence-electron chi connectivity index (χ3n) is 6.30. The van der Waals surface area contributed by atoms with Crippen molar-refractivity contribution in [3.05, 3.63) is 101 Å². The first-order valence-electron chi connectivity index (χ1n) is 11.3. The summed E-state index contributed by atoms with van der Waals surface area (Å²) in [4.78, 5) is 30.4. The van der Waals surface area contributed by atoms with E-state index in [1.807, 2.05) is 90.4 Å². The summed E-state index contributed by atoms with van der Waals surface area (Å²) in [5, 5.41) is 0. The number of hydrogen-bond donors (Lipinski definition) is 0. The molecule has 1 saturated heterocycles. The zero-order valence-electron chi connectivity index (χ0n) is 18.8. The van der Waals surface area contributed by atoms with E-state index in [0.717, 1.165) is 22.4 Å². The molecule has 0 aromatic heterocycles. The zero-order chi connectivity index (χ0) is 22.5. The van der Waals surface area contributed by atoms with Gasteiger partial charge in [-0.2, -0.15) is 0 Å². The number of carbonyl (C=O) groups is 2. The standard InChI is InChI=1S/C28H30N2O2/c1-21-12-14-25(15-13-21)30(20-23-9-4-3-5-10-23)27(31)24-16-18-29(19-17-24)28(32)26-11-7-6-8-22(26)2/h3-15,24H,16-20H2,1-2H3. The Bertz CT molecular complexity index is 1070. The van der Waals surface area contributed by atoms with E-state index in [-0.39, 0.29) is 17.7 Å². The molecule has 1 aliphatic rings. The third kappa shape index (κ3) is 4.91. The molecule has 1 aliphatic heterocycles. The van der Waals surface area contributed by atoms with Gasteiger partial charge in [-0.05, 0) is 56.0 Å². The Labute approximate surface area is 190 Å². The van der Waals surface area contributed by atoms with Crippen LogP contribution < -0.4 is 4.90 Å². The molecular formula is C28H30N2O2. The molecule has 4 nitrogen and oxygen atoms in total. The average Bonchev–Trinajstić information content (AvgIpc) is 2.83. The van der Waals surface area contributed by atoms with Gasteiger partial charge in [0.15, 0.2) is 0 Å². The van der Waals surface area contributed by atoms with Crippen molar-refractivity contribution in [2.75, 3.05) is 18.0 Å². The third-order valence-corrected chi connectivity index (χ3v) is 6.30. The van der Waals surface area contributed by atoms with Crippen LogP contribution in [-0.4, -0.2) is 29.8 Å². The summed E-state index contributed by atoms with van der Waals surface area (Å²) in [6.07, 6.45) is 1.38. The molecule has 4 rings (SSSR count). The summed E-state index contributed by atoms with van der Waals surface area (Å²) in [5.74, 6) is 0.121. The number of likely N-dealkylation sites (tertiary alicyclic amines) is 1. The lowest BCUT2D eigenvalue weighted by atomic mass is 9.94. The highest BCUT2D eigenvalue weighted by molar-refractivity contribution is 5.97. The lowest BCUT2D eigenvalue weighted by Gasteiger charge is -2.34. The van der Waals surface area contributed by atoms with Gasteiger partial charge >= 0.3 is 0 Å². The Balaban J connectivity index is 1.48. The van der Waals surface area contributed by atoms with Crippen LogP contribution in [0.15, 0.2) is 78.9 Å². The van der Waals surface area contributed by atoms with Crippen molar-refractivity contribution < 1.29 is 9.59 Å². The molecule has 0 spiro atoms. The maximum atomic E-state index is 13.6. The highest BCUT2D eigenvalue weighted by Gasteiger charge is 2.31. The van der Waals surface area contributed by atoms with Gasteiger partial charge in [0, 0.05) is 30.3 Å². The first-order valence-corrected chi connectivity index (χ1v) is 11.3. The molecule has 32 heavy (non-hydrogen) atoms. The Hall–Kier alpha value is -3.40. The van der Waals surface area contributed by atoms with Gasteiger partial charge in [-0.3, -0.25) is 9.59 Å².